The van der Waals surface area contributed by atoms with Crippen molar-refractivity contribution in [3.05, 3.63) is 86.2 Å². The van der Waals surface area contributed by atoms with Crippen LogP contribution in [0.4, 0.5) is 23.7 Å². The molecule has 1 aromatic heterocycles. The van der Waals surface area contributed by atoms with Crippen molar-refractivity contribution < 1.29 is 41.5 Å². The molecular formula is C23H11Br2F3N2O6. The molecule has 1 aliphatic heterocycles. The summed E-state index contributed by atoms with van der Waals surface area (Å²) >= 11 is 6.50. The number of nitrogens with one attached hydrogen (secondary N) is 1. The maximum absolute atomic E-state index is 13.2. The van der Waals surface area contributed by atoms with Crippen LogP contribution in [0.25, 0.3) is 6.08 Å². The summed E-state index contributed by atoms with van der Waals surface area (Å²) in [6.45, 7) is 0. The van der Waals surface area contributed by atoms with Crippen LogP contribution < -0.4 is 15.0 Å². The molecule has 4 amide bonds. The van der Waals surface area contributed by atoms with Gasteiger partial charge in [0.15, 0.2) is 5.75 Å². The van der Waals surface area contributed by atoms with Crippen molar-refractivity contribution in [1.82, 2.24) is 5.32 Å². The van der Waals surface area contributed by atoms with E-state index in [0.29, 0.717) is 15.4 Å². The van der Waals surface area contributed by atoms with E-state index in [0.717, 1.165) is 24.3 Å². The molecule has 184 valence electrons. The monoisotopic (exact) mass is 626 g/mol. The molecule has 2 aromatic carbocycles. The standard InChI is InChI=1S/C23H11Br2F3N2O6/c24-13-7-11(18(16(25)10-13)36-21(33)17-5-2-6-35-17)8-15-19(31)29-22(34)30(20(15)32)14-4-1-3-12(9-14)23(26,27)28/h1-10H,(H,29,31,34)/b15-8-. The third-order valence-electron chi connectivity index (χ3n) is 4.79. The van der Waals surface area contributed by atoms with E-state index >= 15 is 0 Å². The number of urea groups is 1. The fraction of sp³-hybridized carbons (Fsp3) is 0.0435. The van der Waals surface area contributed by atoms with Gasteiger partial charge in [0.05, 0.1) is 22.0 Å². The second-order valence-electron chi connectivity index (χ2n) is 7.18. The van der Waals surface area contributed by atoms with Crippen LogP contribution in [0.3, 0.4) is 0 Å². The van der Waals surface area contributed by atoms with Gasteiger partial charge in [0, 0.05) is 10.0 Å². The number of anilines is 1. The molecule has 3 aromatic rings. The van der Waals surface area contributed by atoms with Crippen LogP contribution in [0.2, 0.25) is 0 Å². The number of alkyl halides is 3. The summed E-state index contributed by atoms with van der Waals surface area (Å²) < 4.78 is 50.6. The van der Waals surface area contributed by atoms with Gasteiger partial charge >= 0.3 is 18.2 Å². The lowest BCUT2D eigenvalue weighted by atomic mass is 10.1. The number of imide groups is 2. The highest BCUT2D eigenvalue weighted by Gasteiger charge is 2.38. The number of hydrogen-bond acceptors (Lipinski definition) is 6. The summed E-state index contributed by atoms with van der Waals surface area (Å²) in [5.41, 5.74) is -2.02. The first-order valence-corrected chi connectivity index (χ1v) is 11.4. The van der Waals surface area contributed by atoms with Crippen LogP contribution in [-0.2, 0) is 15.8 Å². The van der Waals surface area contributed by atoms with Crippen LogP contribution in [0.15, 0.2) is 73.7 Å². The van der Waals surface area contributed by atoms with Crippen molar-refractivity contribution in [1.29, 1.82) is 0 Å². The Bertz CT molecular complexity index is 1430. The number of amides is 4. The number of carbonyl (C=O) groups excluding carboxylic acids is 4. The first kappa shape index (κ1) is 25.4. The molecule has 1 fully saturated rings. The van der Waals surface area contributed by atoms with Gasteiger partial charge in [-0.1, -0.05) is 22.0 Å². The van der Waals surface area contributed by atoms with Gasteiger partial charge in [0.2, 0.25) is 5.76 Å². The highest BCUT2D eigenvalue weighted by atomic mass is 79.9. The van der Waals surface area contributed by atoms with Crippen LogP contribution in [-0.4, -0.2) is 23.8 Å². The van der Waals surface area contributed by atoms with Crippen molar-refractivity contribution in [2.75, 3.05) is 4.90 Å². The minimum absolute atomic E-state index is 0.0630. The van der Waals surface area contributed by atoms with Crippen molar-refractivity contribution in [3.63, 3.8) is 0 Å². The molecule has 0 unspecified atom stereocenters. The highest BCUT2D eigenvalue weighted by molar-refractivity contribution is 9.11. The molecule has 1 saturated heterocycles. The third-order valence-corrected chi connectivity index (χ3v) is 5.83. The zero-order valence-electron chi connectivity index (χ0n) is 17.6. The van der Waals surface area contributed by atoms with Gasteiger partial charge in [-0.25, -0.2) is 14.5 Å². The Kier molecular flexibility index (Phi) is 6.87. The molecule has 0 aliphatic carbocycles. The summed E-state index contributed by atoms with van der Waals surface area (Å²) in [5, 5.41) is 1.93. The lowest BCUT2D eigenvalue weighted by Gasteiger charge is -2.27. The first-order valence-electron chi connectivity index (χ1n) is 9.79. The van der Waals surface area contributed by atoms with E-state index in [2.05, 4.69) is 31.9 Å². The summed E-state index contributed by atoms with van der Waals surface area (Å²) in [6, 6.07) is 8.10. The number of furan rings is 1. The predicted molar refractivity (Wildman–Crippen MR) is 126 cm³/mol. The van der Waals surface area contributed by atoms with E-state index in [9.17, 15) is 32.3 Å². The topological polar surface area (TPSA) is 106 Å². The Hall–Kier alpha value is -3.71. The number of esters is 1. The molecule has 4 rings (SSSR count). The predicted octanol–water partition coefficient (Wildman–Crippen LogP) is 5.71. The third kappa shape index (κ3) is 5.11. The molecule has 1 aliphatic rings. The molecular weight excluding hydrogens is 617 g/mol. The van der Waals surface area contributed by atoms with Crippen LogP contribution in [0.5, 0.6) is 5.75 Å². The number of carbonyl (C=O) groups is 4. The summed E-state index contributed by atoms with van der Waals surface area (Å²) in [4.78, 5) is 50.9. The summed E-state index contributed by atoms with van der Waals surface area (Å²) in [7, 11) is 0. The van der Waals surface area contributed by atoms with Crippen molar-refractivity contribution in [2.24, 2.45) is 0 Å². The van der Waals surface area contributed by atoms with Gasteiger partial charge in [-0.15, -0.1) is 0 Å². The summed E-state index contributed by atoms with van der Waals surface area (Å²) in [6.07, 6.45) is -2.42. The zero-order valence-corrected chi connectivity index (χ0v) is 20.7. The fourth-order valence-corrected chi connectivity index (χ4v) is 4.54. The SMILES string of the molecule is O=C1NC(=O)N(c2cccc(C(F)(F)F)c2)C(=O)/C1=C\c1cc(Br)cc(Br)c1OC(=O)c1ccco1. The van der Waals surface area contributed by atoms with Gasteiger partial charge in [-0.05, 0) is 64.5 Å². The lowest BCUT2D eigenvalue weighted by Crippen LogP contribution is -2.54. The van der Waals surface area contributed by atoms with Crippen molar-refractivity contribution >= 4 is 67.4 Å². The van der Waals surface area contributed by atoms with E-state index in [1.807, 2.05) is 5.32 Å². The maximum Gasteiger partial charge on any atom is 0.416 e. The van der Waals surface area contributed by atoms with Gasteiger partial charge in [0.25, 0.3) is 11.8 Å². The van der Waals surface area contributed by atoms with Crippen molar-refractivity contribution in [2.45, 2.75) is 6.18 Å². The molecule has 8 nitrogen and oxygen atoms in total. The van der Waals surface area contributed by atoms with E-state index < -0.39 is 46.8 Å². The molecule has 0 radical (unpaired) electrons. The van der Waals surface area contributed by atoms with Crippen molar-refractivity contribution in [3.8, 4) is 5.75 Å². The fourth-order valence-electron chi connectivity index (χ4n) is 3.20. The molecule has 0 atom stereocenters. The normalized spacial score (nSPS) is 15.3. The maximum atomic E-state index is 13.2. The van der Waals surface area contributed by atoms with Crippen LogP contribution in [0, 0.1) is 0 Å². The number of nitrogens with zero attached hydrogens (tertiary/aromatic N) is 1. The van der Waals surface area contributed by atoms with Crippen LogP contribution in [0.1, 0.15) is 21.7 Å². The van der Waals surface area contributed by atoms with Gasteiger partial charge in [-0.3, -0.25) is 14.9 Å². The zero-order chi connectivity index (χ0) is 26.2. The summed E-state index contributed by atoms with van der Waals surface area (Å²) in [5.74, 6) is -3.34. The Balaban J connectivity index is 1.76. The van der Waals surface area contributed by atoms with E-state index in [1.165, 1.54) is 30.5 Å². The largest absolute Gasteiger partial charge is 0.457 e. The number of halogens is 5. The average molecular weight is 628 g/mol. The number of barbiturate groups is 1. The minimum atomic E-state index is -4.73. The molecule has 0 saturated carbocycles. The average Bonchev–Trinajstić information content (AvgIpc) is 3.33. The van der Waals surface area contributed by atoms with Gasteiger partial charge < -0.3 is 9.15 Å². The Labute approximate surface area is 217 Å². The van der Waals surface area contributed by atoms with Gasteiger partial charge in [-0.2, -0.15) is 13.2 Å². The Morgan fingerprint density at radius 3 is 2.47 bits per heavy atom. The number of benzene rings is 2. The smallest absolute Gasteiger partial charge is 0.416 e. The van der Waals surface area contributed by atoms with Crippen LogP contribution >= 0.6 is 31.9 Å². The second-order valence-corrected chi connectivity index (χ2v) is 8.95. The molecule has 2 heterocycles. The first-order chi connectivity index (χ1) is 17.0. The van der Waals surface area contributed by atoms with E-state index in [-0.39, 0.29) is 21.5 Å². The van der Waals surface area contributed by atoms with E-state index in [4.69, 9.17) is 9.15 Å². The number of hydrogen-bond donors (Lipinski definition) is 1. The highest BCUT2D eigenvalue weighted by Crippen LogP contribution is 2.36. The molecule has 0 spiro atoms. The molecule has 0 bridgehead atoms. The lowest BCUT2D eigenvalue weighted by molar-refractivity contribution is -0.137. The quantitative estimate of drug-likeness (QED) is 0.172. The second kappa shape index (κ2) is 9.74. The molecule has 1 N–H and O–H groups in total. The Morgan fingerprint density at radius 2 is 1.81 bits per heavy atom. The Morgan fingerprint density at radius 1 is 1.06 bits per heavy atom. The number of ether oxygens (including phenoxy) is 1. The molecule has 36 heavy (non-hydrogen) atoms. The van der Waals surface area contributed by atoms with E-state index in [1.54, 1.807) is 0 Å². The van der Waals surface area contributed by atoms with Gasteiger partial charge in [0.1, 0.15) is 5.57 Å². The minimum Gasteiger partial charge on any atom is -0.457 e. The number of rotatable bonds is 4. The molecule has 13 heteroatoms.